The molecule has 1 aliphatic rings. The number of hydrogen-bond donors (Lipinski definition) is 0. The van der Waals surface area contributed by atoms with E-state index in [1.165, 1.54) is 0 Å². The Morgan fingerprint density at radius 2 is 2.06 bits per heavy atom. The smallest absolute Gasteiger partial charge is 0.335 e. The van der Waals surface area contributed by atoms with Crippen LogP contribution in [-0.4, -0.2) is 25.3 Å². The molecular weight excluding hydrogens is 216 g/mol. The Hall–Kier alpha value is -0.830. The molecule has 3 atom stereocenters. The van der Waals surface area contributed by atoms with E-state index in [-0.39, 0.29) is 5.97 Å². The maximum Gasteiger partial charge on any atom is 0.335 e. The van der Waals surface area contributed by atoms with Crippen LogP contribution < -0.4 is 0 Å². The fourth-order valence-corrected chi connectivity index (χ4v) is 2.07. The van der Waals surface area contributed by atoms with E-state index in [2.05, 4.69) is 19.1 Å². The summed E-state index contributed by atoms with van der Waals surface area (Å²) in [5, 5.41) is 0. The molecule has 3 unspecified atom stereocenters. The third-order valence-corrected chi connectivity index (χ3v) is 3.35. The van der Waals surface area contributed by atoms with Gasteiger partial charge in [0.05, 0.1) is 13.2 Å². The van der Waals surface area contributed by atoms with Crippen molar-refractivity contribution >= 4 is 5.97 Å². The summed E-state index contributed by atoms with van der Waals surface area (Å²) in [5.41, 5.74) is 0. The van der Waals surface area contributed by atoms with Crippen LogP contribution in [0.1, 0.15) is 40.0 Å². The Kier molecular flexibility index (Phi) is 6.27. The number of hydrogen-bond acceptors (Lipinski definition) is 3. The number of esters is 1. The van der Waals surface area contributed by atoms with E-state index in [1.54, 1.807) is 0 Å². The summed E-state index contributed by atoms with van der Waals surface area (Å²) >= 11 is 0. The highest BCUT2D eigenvalue weighted by molar-refractivity contribution is 5.74. The topological polar surface area (TPSA) is 35.5 Å². The zero-order valence-electron chi connectivity index (χ0n) is 11.1. The summed E-state index contributed by atoms with van der Waals surface area (Å²) in [4.78, 5) is 11.6. The van der Waals surface area contributed by atoms with E-state index >= 15 is 0 Å². The average Bonchev–Trinajstić information content (AvgIpc) is 2.32. The van der Waals surface area contributed by atoms with E-state index in [0.29, 0.717) is 31.5 Å². The van der Waals surface area contributed by atoms with Crippen LogP contribution in [0.2, 0.25) is 0 Å². The number of carbonyl (C=O) groups is 1. The van der Waals surface area contributed by atoms with Gasteiger partial charge in [-0.3, -0.25) is 0 Å². The lowest BCUT2D eigenvalue weighted by Gasteiger charge is -2.26. The van der Waals surface area contributed by atoms with Crippen LogP contribution in [0.4, 0.5) is 0 Å². The van der Waals surface area contributed by atoms with Crippen LogP contribution in [0.5, 0.6) is 0 Å². The van der Waals surface area contributed by atoms with E-state index in [1.807, 2.05) is 13.8 Å². The fraction of sp³-hybridized carbons (Fsp3) is 0.786. The van der Waals surface area contributed by atoms with Gasteiger partial charge in [-0.1, -0.05) is 26.0 Å². The molecule has 0 spiro atoms. The van der Waals surface area contributed by atoms with Gasteiger partial charge in [0.2, 0.25) is 0 Å². The number of allylic oxidation sites excluding steroid dienone is 2. The third kappa shape index (κ3) is 4.50. The van der Waals surface area contributed by atoms with E-state index < -0.39 is 6.10 Å². The Balaban J connectivity index is 2.36. The predicted octanol–water partition coefficient (Wildman–Crippen LogP) is 2.95. The summed E-state index contributed by atoms with van der Waals surface area (Å²) in [7, 11) is 0. The molecule has 1 aliphatic carbocycles. The molecule has 0 aliphatic heterocycles. The quantitative estimate of drug-likeness (QED) is 0.529. The van der Waals surface area contributed by atoms with Crippen molar-refractivity contribution in [2.24, 2.45) is 11.8 Å². The Morgan fingerprint density at radius 1 is 1.35 bits per heavy atom. The maximum atomic E-state index is 11.6. The minimum atomic E-state index is -0.395. The van der Waals surface area contributed by atoms with Gasteiger partial charge in [0.15, 0.2) is 6.10 Å². The molecule has 0 radical (unpaired) electrons. The van der Waals surface area contributed by atoms with Gasteiger partial charge in [0.1, 0.15) is 0 Å². The minimum absolute atomic E-state index is 0.228. The summed E-state index contributed by atoms with van der Waals surface area (Å²) in [6.45, 7) is 7.08. The molecule has 0 fully saturated rings. The molecule has 98 valence electrons. The van der Waals surface area contributed by atoms with Crippen molar-refractivity contribution in [3.8, 4) is 0 Å². The summed E-state index contributed by atoms with van der Waals surface area (Å²) in [6.07, 6.45) is 6.89. The van der Waals surface area contributed by atoms with Crippen molar-refractivity contribution < 1.29 is 14.3 Å². The fourth-order valence-electron chi connectivity index (χ4n) is 2.07. The molecule has 3 nitrogen and oxygen atoms in total. The van der Waals surface area contributed by atoms with Gasteiger partial charge < -0.3 is 9.47 Å². The predicted molar refractivity (Wildman–Crippen MR) is 67.7 cm³/mol. The molecule has 0 amide bonds. The Morgan fingerprint density at radius 3 is 2.65 bits per heavy atom. The van der Waals surface area contributed by atoms with E-state index in [0.717, 1.165) is 12.8 Å². The summed E-state index contributed by atoms with van der Waals surface area (Å²) < 4.78 is 10.7. The largest absolute Gasteiger partial charge is 0.464 e. The third-order valence-electron chi connectivity index (χ3n) is 3.35. The highest BCUT2D eigenvalue weighted by Gasteiger charge is 2.23. The molecule has 3 heteroatoms. The van der Waals surface area contributed by atoms with Crippen LogP contribution >= 0.6 is 0 Å². The van der Waals surface area contributed by atoms with Gasteiger partial charge in [-0.25, -0.2) is 4.79 Å². The molecule has 0 aromatic rings. The minimum Gasteiger partial charge on any atom is -0.464 e. The normalized spacial score (nSPS) is 25.6. The van der Waals surface area contributed by atoms with Crippen molar-refractivity contribution in [3.63, 3.8) is 0 Å². The van der Waals surface area contributed by atoms with Crippen molar-refractivity contribution in [2.75, 3.05) is 13.2 Å². The lowest BCUT2D eigenvalue weighted by Crippen LogP contribution is -2.30. The van der Waals surface area contributed by atoms with Crippen LogP contribution in [0.15, 0.2) is 12.2 Å². The molecule has 0 saturated carbocycles. The zero-order valence-corrected chi connectivity index (χ0v) is 11.1. The number of rotatable bonds is 6. The van der Waals surface area contributed by atoms with Gasteiger partial charge >= 0.3 is 5.97 Å². The van der Waals surface area contributed by atoms with Crippen LogP contribution in [0.3, 0.4) is 0 Å². The van der Waals surface area contributed by atoms with Crippen molar-refractivity contribution in [3.05, 3.63) is 12.2 Å². The first-order chi connectivity index (χ1) is 8.19. The van der Waals surface area contributed by atoms with Gasteiger partial charge in [0, 0.05) is 0 Å². The first-order valence-electron chi connectivity index (χ1n) is 6.62. The SMILES string of the molecule is CCOC(=O)C(CC)OCC1CC=CCC1C. The van der Waals surface area contributed by atoms with Crippen molar-refractivity contribution in [1.29, 1.82) is 0 Å². The van der Waals surface area contributed by atoms with E-state index in [9.17, 15) is 4.79 Å². The second kappa shape index (κ2) is 7.49. The first kappa shape index (κ1) is 14.2. The molecule has 1 rings (SSSR count). The molecule has 0 N–H and O–H groups in total. The molecule has 0 aromatic carbocycles. The molecule has 0 bridgehead atoms. The monoisotopic (exact) mass is 240 g/mol. The standard InChI is InChI=1S/C14H24O3/c1-4-13(14(15)16-5-2)17-10-12-9-7-6-8-11(12)3/h6-7,11-13H,4-5,8-10H2,1-3H3. The highest BCUT2D eigenvalue weighted by atomic mass is 16.6. The molecular formula is C14H24O3. The van der Waals surface area contributed by atoms with Gasteiger partial charge in [0.25, 0.3) is 0 Å². The van der Waals surface area contributed by atoms with Crippen LogP contribution in [0.25, 0.3) is 0 Å². The Labute approximate surface area is 104 Å². The summed E-state index contributed by atoms with van der Waals surface area (Å²) in [5.74, 6) is 0.942. The molecule has 17 heavy (non-hydrogen) atoms. The molecule has 0 aromatic heterocycles. The zero-order chi connectivity index (χ0) is 12.7. The summed E-state index contributed by atoms with van der Waals surface area (Å²) in [6, 6.07) is 0. The number of ether oxygens (including phenoxy) is 2. The molecule has 0 saturated heterocycles. The average molecular weight is 240 g/mol. The van der Waals surface area contributed by atoms with E-state index in [4.69, 9.17) is 9.47 Å². The Bertz CT molecular complexity index is 260. The van der Waals surface area contributed by atoms with Gasteiger partial charge in [-0.05, 0) is 38.0 Å². The number of carbonyl (C=O) groups excluding carboxylic acids is 1. The van der Waals surface area contributed by atoms with Crippen molar-refractivity contribution in [1.82, 2.24) is 0 Å². The maximum absolute atomic E-state index is 11.6. The second-order valence-electron chi connectivity index (χ2n) is 4.66. The van der Waals surface area contributed by atoms with Crippen LogP contribution in [-0.2, 0) is 14.3 Å². The molecule has 0 heterocycles. The van der Waals surface area contributed by atoms with Gasteiger partial charge in [-0.15, -0.1) is 0 Å². The van der Waals surface area contributed by atoms with Crippen molar-refractivity contribution in [2.45, 2.75) is 46.1 Å². The lowest BCUT2D eigenvalue weighted by atomic mass is 9.85. The second-order valence-corrected chi connectivity index (χ2v) is 4.66. The van der Waals surface area contributed by atoms with Crippen LogP contribution in [0, 0.1) is 11.8 Å². The first-order valence-corrected chi connectivity index (χ1v) is 6.62. The lowest BCUT2D eigenvalue weighted by molar-refractivity contribution is -0.158. The van der Waals surface area contributed by atoms with Gasteiger partial charge in [-0.2, -0.15) is 0 Å². The highest BCUT2D eigenvalue weighted by Crippen LogP contribution is 2.25.